The van der Waals surface area contributed by atoms with Gasteiger partial charge in [-0.3, -0.25) is 4.98 Å². The van der Waals surface area contributed by atoms with Crippen LogP contribution in [0.5, 0.6) is 11.6 Å². The SMILES string of the molecule is CCCc1nc(Cl)cc(Oc2ccc3cccnc3c2)n1. The van der Waals surface area contributed by atoms with Crippen molar-refractivity contribution in [3.8, 4) is 11.6 Å². The van der Waals surface area contributed by atoms with E-state index in [9.17, 15) is 0 Å². The van der Waals surface area contributed by atoms with E-state index in [1.165, 1.54) is 0 Å². The number of halogens is 1. The van der Waals surface area contributed by atoms with Gasteiger partial charge in [-0.25, -0.2) is 4.98 Å². The number of rotatable bonds is 4. The molecule has 0 N–H and O–H groups in total. The Morgan fingerprint density at radius 3 is 2.90 bits per heavy atom. The Bertz CT molecular complexity index is 776. The van der Waals surface area contributed by atoms with Crippen LogP contribution in [0.1, 0.15) is 19.2 Å². The van der Waals surface area contributed by atoms with Crippen LogP contribution < -0.4 is 4.74 Å². The molecule has 21 heavy (non-hydrogen) atoms. The highest BCUT2D eigenvalue weighted by atomic mass is 35.5. The lowest BCUT2D eigenvalue weighted by atomic mass is 10.2. The van der Waals surface area contributed by atoms with Gasteiger partial charge in [-0.05, 0) is 24.6 Å². The molecule has 0 aliphatic carbocycles. The van der Waals surface area contributed by atoms with Crippen LogP contribution >= 0.6 is 11.6 Å². The van der Waals surface area contributed by atoms with E-state index in [4.69, 9.17) is 16.3 Å². The number of pyridine rings is 1. The summed E-state index contributed by atoms with van der Waals surface area (Å²) in [6.07, 6.45) is 3.49. The third-order valence-electron chi connectivity index (χ3n) is 2.99. The second kappa shape index (κ2) is 6.06. The van der Waals surface area contributed by atoms with Crippen LogP contribution in [-0.4, -0.2) is 15.0 Å². The van der Waals surface area contributed by atoms with E-state index >= 15 is 0 Å². The predicted molar refractivity (Wildman–Crippen MR) is 82.9 cm³/mol. The topological polar surface area (TPSA) is 47.9 Å². The van der Waals surface area contributed by atoms with E-state index in [-0.39, 0.29) is 0 Å². The Morgan fingerprint density at radius 1 is 1.14 bits per heavy atom. The summed E-state index contributed by atoms with van der Waals surface area (Å²) in [5, 5.41) is 1.46. The van der Waals surface area contributed by atoms with Crippen molar-refractivity contribution in [2.75, 3.05) is 0 Å². The van der Waals surface area contributed by atoms with Gasteiger partial charge in [-0.1, -0.05) is 24.6 Å². The maximum atomic E-state index is 6.00. The zero-order valence-electron chi connectivity index (χ0n) is 11.6. The Kier molecular flexibility index (Phi) is 3.97. The van der Waals surface area contributed by atoms with Crippen LogP contribution in [0.15, 0.2) is 42.6 Å². The smallest absolute Gasteiger partial charge is 0.224 e. The molecule has 0 atom stereocenters. The van der Waals surface area contributed by atoms with Gasteiger partial charge in [0.1, 0.15) is 16.7 Å². The van der Waals surface area contributed by atoms with Gasteiger partial charge in [0.05, 0.1) is 5.52 Å². The van der Waals surface area contributed by atoms with Crippen molar-refractivity contribution in [1.29, 1.82) is 0 Å². The molecule has 4 nitrogen and oxygen atoms in total. The Hall–Kier alpha value is -2.20. The fourth-order valence-corrected chi connectivity index (χ4v) is 2.25. The number of nitrogens with zero attached hydrogens (tertiary/aromatic N) is 3. The Morgan fingerprint density at radius 2 is 2.05 bits per heavy atom. The van der Waals surface area contributed by atoms with E-state index in [1.807, 2.05) is 30.3 Å². The molecule has 0 unspecified atom stereocenters. The summed E-state index contributed by atoms with van der Waals surface area (Å²) in [5.41, 5.74) is 0.879. The molecule has 0 bridgehead atoms. The zero-order chi connectivity index (χ0) is 14.7. The molecular weight excluding hydrogens is 286 g/mol. The summed E-state index contributed by atoms with van der Waals surface area (Å²) in [4.78, 5) is 12.8. The molecule has 0 radical (unpaired) electrons. The molecule has 2 aromatic heterocycles. The molecule has 0 aliphatic heterocycles. The maximum absolute atomic E-state index is 6.00. The normalized spacial score (nSPS) is 10.8. The number of hydrogen-bond donors (Lipinski definition) is 0. The van der Waals surface area contributed by atoms with E-state index in [0.29, 0.717) is 22.6 Å². The number of benzene rings is 1. The van der Waals surface area contributed by atoms with Crippen LogP contribution in [0.3, 0.4) is 0 Å². The highest BCUT2D eigenvalue weighted by Crippen LogP contribution is 2.25. The number of fused-ring (bicyclic) bond motifs is 1. The second-order valence-electron chi connectivity index (χ2n) is 4.66. The van der Waals surface area contributed by atoms with E-state index in [0.717, 1.165) is 23.7 Å². The fraction of sp³-hybridized carbons (Fsp3) is 0.188. The highest BCUT2D eigenvalue weighted by molar-refractivity contribution is 6.29. The molecule has 0 amide bonds. The first-order valence-electron chi connectivity index (χ1n) is 6.80. The van der Waals surface area contributed by atoms with Crippen LogP contribution in [0.2, 0.25) is 5.15 Å². The van der Waals surface area contributed by atoms with Gasteiger partial charge in [0.25, 0.3) is 0 Å². The molecule has 0 fully saturated rings. The highest BCUT2D eigenvalue weighted by Gasteiger charge is 2.06. The third kappa shape index (κ3) is 3.28. The van der Waals surface area contributed by atoms with Gasteiger partial charge >= 0.3 is 0 Å². The first kappa shape index (κ1) is 13.8. The lowest BCUT2D eigenvalue weighted by Crippen LogP contribution is -1.97. The summed E-state index contributed by atoms with van der Waals surface area (Å²) in [6.45, 7) is 2.07. The average molecular weight is 300 g/mol. The number of aryl methyl sites for hydroxylation is 1. The van der Waals surface area contributed by atoms with Crippen molar-refractivity contribution < 1.29 is 4.74 Å². The molecule has 2 heterocycles. The second-order valence-corrected chi connectivity index (χ2v) is 5.04. The van der Waals surface area contributed by atoms with Crippen LogP contribution in [-0.2, 0) is 6.42 Å². The summed E-state index contributed by atoms with van der Waals surface area (Å²) < 4.78 is 5.78. The maximum Gasteiger partial charge on any atom is 0.224 e. The van der Waals surface area contributed by atoms with Crippen molar-refractivity contribution in [2.24, 2.45) is 0 Å². The van der Waals surface area contributed by atoms with Crippen molar-refractivity contribution in [2.45, 2.75) is 19.8 Å². The Labute approximate surface area is 127 Å². The molecule has 5 heteroatoms. The summed E-state index contributed by atoms with van der Waals surface area (Å²) >= 11 is 6.00. The first-order valence-corrected chi connectivity index (χ1v) is 7.18. The van der Waals surface area contributed by atoms with Gasteiger partial charge in [-0.15, -0.1) is 0 Å². The Balaban J connectivity index is 1.90. The van der Waals surface area contributed by atoms with Crippen LogP contribution in [0.25, 0.3) is 10.9 Å². The van der Waals surface area contributed by atoms with E-state index < -0.39 is 0 Å². The molecule has 3 aromatic rings. The molecule has 1 aromatic carbocycles. The van der Waals surface area contributed by atoms with Gasteiger partial charge < -0.3 is 4.74 Å². The monoisotopic (exact) mass is 299 g/mol. The van der Waals surface area contributed by atoms with Gasteiger partial charge in [-0.2, -0.15) is 4.98 Å². The van der Waals surface area contributed by atoms with Gasteiger partial charge in [0.2, 0.25) is 5.88 Å². The summed E-state index contributed by atoms with van der Waals surface area (Å²) in [6, 6.07) is 11.3. The lowest BCUT2D eigenvalue weighted by Gasteiger charge is -2.07. The number of hydrogen-bond acceptors (Lipinski definition) is 4. The van der Waals surface area contributed by atoms with Crippen molar-refractivity contribution in [3.05, 3.63) is 53.6 Å². The van der Waals surface area contributed by atoms with Crippen LogP contribution in [0, 0.1) is 0 Å². The molecular formula is C16H14ClN3O. The first-order chi connectivity index (χ1) is 10.2. The zero-order valence-corrected chi connectivity index (χ0v) is 12.3. The van der Waals surface area contributed by atoms with E-state index in [2.05, 4.69) is 21.9 Å². The van der Waals surface area contributed by atoms with E-state index in [1.54, 1.807) is 12.3 Å². The molecule has 106 valence electrons. The van der Waals surface area contributed by atoms with Crippen molar-refractivity contribution in [1.82, 2.24) is 15.0 Å². The van der Waals surface area contributed by atoms with Gasteiger partial charge in [0, 0.05) is 30.1 Å². The molecule has 0 aliphatic rings. The third-order valence-corrected chi connectivity index (χ3v) is 3.18. The van der Waals surface area contributed by atoms with Gasteiger partial charge in [0.15, 0.2) is 0 Å². The lowest BCUT2D eigenvalue weighted by molar-refractivity contribution is 0.459. The average Bonchev–Trinajstić information content (AvgIpc) is 2.47. The minimum Gasteiger partial charge on any atom is -0.439 e. The van der Waals surface area contributed by atoms with Crippen molar-refractivity contribution >= 4 is 22.5 Å². The quantitative estimate of drug-likeness (QED) is 0.669. The minimum atomic E-state index is 0.391. The number of aromatic nitrogens is 3. The summed E-state index contributed by atoms with van der Waals surface area (Å²) in [5.74, 6) is 1.83. The molecule has 0 spiro atoms. The summed E-state index contributed by atoms with van der Waals surface area (Å²) in [7, 11) is 0. The molecule has 0 saturated heterocycles. The minimum absolute atomic E-state index is 0.391. The fourth-order valence-electron chi connectivity index (χ4n) is 2.06. The molecule has 0 saturated carbocycles. The van der Waals surface area contributed by atoms with Crippen LogP contribution in [0.4, 0.5) is 0 Å². The predicted octanol–water partition coefficient (Wildman–Crippen LogP) is 4.42. The standard InChI is InChI=1S/C16H14ClN3O/c1-2-4-15-19-14(17)10-16(20-15)21-12-7-6-11-5-3-8-18-13(11)9-12/h3,5-10H,2,4H2,1H3. The van der Waals surface area contributed by atoms with Crippen molar-refractivity contribution in [3.63, 3.8) is 0 Å². The molecule has 3 rings (SSSR count). The largest absolute Gasteiger partial charge is 0.439 e. The number of ether oxygens (including phenoxy) is 1.